The Morgan fingerprint density at radius 2 is 1.62 bits per heavy atom. The van der Waals surface area contributed by atoms with Crippen molar-refractivity contribution in [3.8, 4) is 0 Å². The molecule has 0 aliphatic carbocycles. The zero-order valence-corrected chi connectivity index (χ0v) is 17.3. The van der Waals surface area contributed by atoms with E-state index in [-0.39, 0.29) is 0 Å². The first kappa shape index (κ1) is 23.5. The molecule has 8 nitrogen and oxygen atoms in total. The average Bonchev–Trinajstić information content (AvgIpc) is 2.83. The summed E-state index contributed by atoms with van der Waals surface area (Å²) in [6, 6.07) is 0.899. The Balaban J connectivity index is 0.000000922. The molecule has 1 heterocycles. The van der Waals surface area contributed by atoms with Gasteiger partial charge in [0.25, 0.3) is 0 Å². The molecular formula is C14H32N2O6SSi. The highest BCUT2D eigenvalue weighted by Gasteiger charge is 2.40. The molecule has 0 spiro atoms. The van der Waals surface area contributed by atoms with E-state index < -0.39 is 18.9 Å². The molecule has 1 rings (SSSR count). The number of nitrogens with zero attached hydrogens (tertiary/aromatic N) is 2. The van der Waals surface area contributed by atoms with E-state index in [1.54, 1.807) is 0 Å². The predicted molar refractivity (Wildman–Crippen MR) is 94.4 cm³/mol. The lowest BCUT2D eigenvalue weighted by Gasteiger charge is -2.28. The summed E-state index contributed by atoms with van der Waals surface area (Å²) in [7, 11) is -4.24. The van der Waals surface area contributed by atoms with E-state index in [4.69, 9.17) is 26.2 Å². The second-order valence-electron chi connectivity index (χ2n) is 5.42. The van der Waals surface area contributed by atoms with Gasteiger partial charge in [0.2, 0.25) is 6.34 Å². The van der Waals surface area contributed by atoms with E-state index in [0.717, 1.165) is 32.1 Å². The van der Waals surface area contributed by atoms with Gasteiger partial charge in [0.05, 0.1) is 23.7 Å². The summed E-state index contributed by atoms with van der Waals surface area (Å²) >= 11 is 0. The summed E-state index contributed by atoms with van der Waals surface area (Å²) in [5.41, 5.74) is 0. The molecule has 0 aromatic carbocycles. The molecule has 0 saturated carbocycles. The number of rotatable bonds is 10. The zero-order chi connectivity index (χ0) is 18.6. The van der Waals surface area contributed by atoms with Crippen LogP contribution in [-0.2, 0) is 23.4 Å². The standard InChI is InChI=1S/C13H29N2O3Si.CH4O3S/c1-5-16-19(17-6-2,18-7-3)12-8-9-15-11-10-14(4)13-15;1-5(2,3)4/h13H,5-12H2,1-4H3;1H3,(H,2,3,4)/q+1;/p-1. The van der Waals surface area contributed by atoms with Crippen molar-refractivity contribution in [3.05, 3.63) is 0 Å². The third kappa shape index (κ3) is 11.9. The molecule has 0 atom stereocenters. The first-order chi connectivity index (χ1) is 11.2. The van der Waals surface area contributed by atoms with Gasteiger partial charge in [-0.25, -0.2) is 8.42 Å². The molecule has 144 valence electrons. The van der Waals surface area contributed by atoms with Crippen LogP contribution in [-0.4, -0.2) is 90.3 Å². The lowest BCUT2D eigenvalue weighted by molar-refractivity contribution is -0.482. The highest BCUT2D eigenvalue weighted by molar-refractivity contribution is 7.84. The van der Waals surface area contributed by atoms with Crippen LogP contribution in [0.4, 0.5) is 0 Å². The van der Waals surface area contributed by atoms with Gasteiger partial charge < -0.3 is 17.8 Å². The summed E-state index contributed by atoms with van der Waals surface area (Å²) < 4.78 is 47.0. The molecule has 0 amide bonds. The molecule has 24 heavy (non-hydrogen) atoms. The number of likely N-dealkylation sites (N-methyl/N-ethyl adjacent to an activating group) is 1. The average molecular weight is 385 g/mol. The summed E-state index contributed by atoms with van der Waals surface area (Å²) in [6.45, 7) is 11.3. The molecule has 0 aromatic rings. The highest BCUT2D eigenvalue weighted by Crippen LogP contribution is 2.18. The van der Waals surface area contributed by atoms with Gasteiger partial charge >= 0.3 is 8.80 Å². The summed E-state index contributed by atoms with van der Waals surface area (Å²) in [5.74, 6) is 0. The minimum Gasteiger partial charge on any atom is -0.748 e. The molecule has 0 radical (unpaired) electrons. The molecule has 1 aliphatic rings. The Labute approximate surface area is 147 Å². The van der Waals surface area contributed by atoms with Crippen LogP contribution in [0.15, 0.2) is 0 Å². The lowest BCUT2D eigenvalue weighted by Crippen LogP contribution is -2.46. The largest absolute Gasteiger partial charge is 0.748 e. The Kier molecular flexibility index (Phi) is 11.7. The van der Waals surface area contributed by atoms with Gasteiger partial charge in [-0.3, -0.25) is 9.48 Å². The van der Waals surface area contributed by atoms with E-state index in [1.165, 1.54) is 0 Å². The molecule has 10 heteroatoms. The minimum atomic E-state index is -3.92. The Bertz CT molecular complexity index is 447. The van der Waals surface area contributed by atoms with Crippen LogP contribution in [0, 0.1) is 0 Å². The van der Waals surface area contributed by atoms with Crippen LogP contribution in [0.1, 0.15) is 27.2 Å². The molecule has 0 fully saturated rings. The summed E-state index contributed by atoms with van der Waals surface area (Å²) in [5, 5.41) is 0. The van der Waals surface area contributed by atoms with E-state index in [9.17, 15) is 0 Å². The van der Waals surface area contributed by atoms with Crippen molar-refractivity contribution in [2.75, 3.05) is 52.8 Å². The zero-order valence-electron chi connectivity index (χ0n) is 15.5. The lowest BCUT2D eigenvalue weighted by atomic mass is 10.4. The quantitative estimate of drug-likeness (QED) is 0.309. The van der Waals surface area contributed by atoms with Crippen molar-refractivity contribution in [1.29, 1.82) is 0 Å². The normalized spacial score (nSPS) is 15.1. The third-order valence-electron chi connectivity index (χ3n) is 3.12. The van der Waals surface area contributed by atoms with Crippen LogP contribution in [0.5, 0.6) is 0 Å². The molecular weight excluding hydrogens is 352 g/mol. The highest BCUT2D eigenvalue weighted by atomic mass is 32.2. The molecule has 0 aromatic heterocycles. The van der Waals surface area contributed by atoms with Crippen LogP contribution >= 0.6 is 0 Å². The summed E-state index contributed by atoms with van der Waals surface area (Å²) in [4.78, 5) is 2.35. The Morgan fingerprint density at radius 3 is 1.96 bits per heavy atom. The van der Waals surface area contributed by atoms with Gasteiger partial charge in [0.1, 0.15) is 13.1 Å². The van der Waals surface area contributed by atoms with Crippen molar-refractivity contribution in [2.24, 2.45) is 0 Å². The molecule has 0 bridgehead atoms. The van der Waals surface area contributed by atoms with E-state index in [2.05, 4.69) is 22.9 Å². The topological polar surface area (TPSA) is 91.1 Å². The van der Waals surface area contributed by atoms with Crippen molar-refractivity contribution in [2.45, 2.75) is 33.2 Å². The van der Waals surface area contributed by atoms with E-state index >= 15 is 0 Å². The maximum absolute atomic E-state index is 9.08. The maximum atomic E-state index is 9.08. The first-order valence-electron chi connectivity index (χ1n) is 8.27. The Morgan fingerprint density at radius 1 is 1.17 bits per heavy atom. The van der Waals surface area contributed by atoms with Crippen molar-refractivity contribution in [3.63, 3.8) is 0 Å². The summed E-state index contributed by atoms with van der Waals surface area (Å²) in [6.07, 6.45) is 3.84. The van der Waals surface area contributed by atoms with Crippen LogP contribution in [0.25, 0.3) is 0 Å². The van der Waals surface area contributed by atoms with Crippen molar-refractivity contribution >= 4 is 25.3 Å². The fourth-order valence-electron chi connectivity index (χ4n) is 2.35. The first-order valence-corrected chi connectivity index (χ1v) is 12.0. The van der Waals surface area contributed by atoms with Crippen molar-refractivity contribution < 1.29 is 30.8 Å². The van der Waals surface area contributed by atoms with Gasteiger partial charge in [-0.1, -0.05) is 0 Å². The van der Waals surface area contributed by atoms with Crippen LogP contribution in [0.3, 0.4) is 0 Å². The Hall–Kier alpha value is -0.523. The van der Waals surface area contributed by atoms with Crippen LogP contribution in [0.2, 0.25) is 6.04 Å². The fraction of sp³-hybridized carbons (Fsp3) is 0.929. The monoisotopic (exact) mass is 384 g/mol. The second-order valence-corrected chi connectivity index (χ2v) is 9.56. The maximum Gasteiger partial charge on any atom is 0.501 e. The van der Waals surface area contributed by atoms with Crippen LogP contribution < -0.4 is 0 Å². The SMILES string of the molecule is CCO[Si](CCCN1C=[N+](C)CC1)(OCC)OCC.CS(=O)(=O)[O-]. The molecule has 0 saturated heterocycles. The van der Waals surface area contributed by atoms with E-state index in [1.807, 2.05) is 20.8 Å². The molecule has 0 unspecified atom stereocenters. The fourth-order valence-corrected chi connectivity index (χ4v) is 4.94. The predicted octanol–water partition coefficient (Wildman–Crippen LogP) is 0.573. The smallest absolute Gasteiger partial charge is 0.501 e. The minimum absolute atomic E-state index is 0.604. The number of hydrogen-bond donors (Lipinski definition) is 0. The third-order valence-corrected chi connectivity index (χ3v) is 6.27. The second kappa shape index (κ2) is 11.9. The number of hydrogen-bond acceptors (Lipinski definition) is 7. The van der Waals surface area contributed by atoms with Gasteiger partial charge in [0, 0.05) is 32.1 Å². The molecule has 0 N–H and O–H groups in total. The van der Waals surface area contributed by atoms with Gasteiger partial charge in [-0.2, -0.15) is 0 Å². The van der Waals surface area contributed by atoms with Gasteiger partial charge in [-0.05, 0) is 27.2 Å². The van der Waals surface area contributed by atoms with Gasteiger partial charge in [-0.15, -0.1) is 0 Å². The van der Waals surface area contributed by atoms with Crippen molar-refractivity contribution in [1.82, 2.24) is 4.90 Å². The van der Waals surface area contributed by atoms with Gasteiger partial charge in [0.15, 0.2) is 0 Å². The molecule has 1 aliphatic heterocycles. The van der Waals surface area contributed by atoms with E-state index in [0.29, 0.717) is 26.1 Å².